The summed E-state index contributed by atoms with van der Waals surface area (Å²) in [6.45, 7) is 2.61. The molecule has 1 N–H and O–H groups in total. The third-order valence-electron chi connectivity index (χ3n) is 4.12. The topological polar surface area (TPSA) is 99.3 Å². The molecule has 1 amide bonds. The molecule has 0 saturated carbocycles. The summed E-state index contributed by atoms with van der Waals surface area (Å²) in [5.74, 6) is -0.362. The fourth-order valence-electron chi connectivity index (χ4n) is 2.65. The van der Waals surface area contributed by atoms with Crippen molar-refractivity contribution in [3.63, 3.8) is 0 Å². The second-order valence-electron chi connectivity index (χ2n) is 5.95. The Kier molecular flexibility index (Phi) is 5.16. The molecule has 0 atom stereocenters. The van der Waals surface area contributed by atoms with Crippen molar-refractivity contribution < 1.29 is 14.5 Å². The number of carbonyl (C=O) groups excluding carboxylic acids is 1. The van der Waals surface area contributed by atoms with Gasteiger partial charge in [-0.05, 0) is 30.2 Å². The minimum atomic E-state index is -0.587. The Morgan fingerprint density at radius 1 is 1.30 bits per heavy atom. The van der Waals surface area contributed by atoms with Gasteiger partial charge in [-0.3, -0.25) is 19.6 Å². The number of anilines is 1. The van der Waals surface area contributed by atoms with E-state index in [-0.39, 0.29) is 17.0 Å². The summed E-state index contributed by atoms with van der Waals surface area (Å²) in [5.41, 5.74) is 2.69. The summed E-state index contributed by atoms with van der Waals surface area (Å²) in [6, 6.07) is 12.0. The van der Waals surface area contributed by atoms with Crippen molar-refractivity contribution in [1.82, 2.24) is 9.78 Å². The Bertz CT molecular complexity index is 997. The molecular weight excluding hydrogens is 348 g/mol. The van der Waals surface area contributed by atoms with Crippen LogP contribution in [0.5, 0.6) is 5.75 Å². The zero-order chi connectivity index (χ0) is 19.4. The number of aryl methyl sites for hydroxylation is 1. The molecule has 0 aliphatic rings. The Morgan fingerprint density at radius 3 is 2.78 bits per heavy atom. The Morgan fingerprint density at radius 2 is 2.07 bits per heavy atom. The summed E-state index contributed by atoms with van der Waals surface area (Å²) in [5, 5.41) is 18.0. The first-order valence-electron chi connectivity index (χ1n) is 8.18. The smallest absolute Gasteiger partial charge is 0.311 e. The fourth-order valence-corrected chi connectivity index (χ4v) is 2.65. The highest BCUT2D eigenvalue weighted by Gasteiger charge is 2.18. The summed E-state index contributed by atoms with van der Waals surface area (Å²) in [4.78, 5) is 22.9. The van der Waals surface area contributed by atoms with E-state index in [0.717, 1.165) is 11.1 Å². The predicted octanol–water partition coefficient (Wildman–Crippen LogP) is 3.41. The second kappa shape index (κ2) is 7.69. The van der Waals surface area contributed by atoms with Crippen LogP contribution in [0.2, 0.25) is 0 Å². The number of rotatable bonds is 6. The molecule has 0 fully saturated rings. The lowest BCUT2D eigenvalue weighted by molar-refractivity contribution is -0.385. The first-order valence-corrected chi connectivity index (χ1v) is 8.18. The molecule has 0 spiro atoms. The molecule has 8 nitrogen and oxygen atoms in total. The number of aromatic nitrogens is 2. The van der Waals surface area contributed by atoms with Gasteiger partial charge in [-0.15, -0.1) is 0 Å². The SMILES string of the molecule is COc1ccc(C(=O)Nc2cnn(Cc3ccccc3C)c2)cc1[N+](=O)[O-]. The van der Waals surface area contributed by atoms with Crippen molar-refractivity contribution in [3.05, 3.63) is 81.7 Å². The van der Waals surface area contributed by atoms with Gasteiger partial charge in [0.15, 0.2) is 5.75 Å². The van der Waals surface area contributed by atoms with Crippen LogP contribution in [0.15, 0.2) is 54.9 Å². The molecule has 3 rings (SSSR count). The lowest BCUT2D eigenvalue weighted by Gasteiger charge is -2.06. The van der Waals surface area contributed by atoms with Crippen molar-refractivity contribution in [3.8, 4) is 5.75 Å². The fraction of sp³-hybridized carbons (Fsp3) is 0.158. The van der Waals surface area contributed by atoms with Crippen molar-refractivity contribution in [2.45, 2.75) is 13.5 Å². The number of ether oxygens (including phenoxy) is 1. The number of hydrogen-bond acceptors (Lipinski definition) is 5. The number of nitro groups is 1. The second-order valence-corrected chi connectivity index (χ2v) is 5.95. The van der Waals surface area contributed by atoms with Crippen LogP contribution < -0.4 is 10.1 Å². The van der Waals surface area contributed by atoms with Gasteiger partial charge < -0.3 is 10.1 Å². The number of methoxy groups -OCH3 is 1. The molecular formula is C19H18N4O4. The van der Waals surface area contributed by atoms with Crippen molar-refractivity contribution in [2.24, 2.45) is 0 Å². The van der Waals surface area contributed by atoms with Crippen molar-refractivity contribution >= 4 is 17.3 Å². The van der Waals surface area contributed by atoms with E-state index in [1.54, 1.807) is 10.9 Å². The first-order chi connectivity index (χ1) is 13.0. The number of nitro benzene ring substituents is 1. The average molecular weight is 366 g/mol. The maximum atomic E-state index is 12.4. The molecule has 0 aliphatic carbocycles. The number of nitrogens with zero attached hydrogens (tertiary/aromatic N) is 3. The van der Waals surface area contributed by atoms with Crippen LogP contribution in [0.25, 0.3) is 0 Å². The largest absolute Gasteiger partial charge is 0.490 e. The predicted molar refractivity (Wildman–Crippen MR) is 100 cm³/mol. The normalized spacial score (nSPS) is 10.4. The highest BCUT2D eigenvalue weighted by Crippen LogP contribution is 2.27. The monoisotopic (exact) mass is 366 g/mol. The van der Waals surface area contributed by atoms with Gasteiger partial charge in [-0.25, -0.2) is 0 Å². The van der Waals surface area contributed by atoms with Crippen LogP contribution >= 0.6 is 0 Å². The minimum absolute atomic E-state index is 0.0996. The molecule has 0 radical (unpaired) electrons. The first kappa shape index (κ1) is 18.1. The zero-order valence-electron chi connectivity index (χ0n) is 14.9. The van der Waals surface area contributed by atoms with Gasteiger partial charge in [-0.2, -0.15) is 5.10 Å². The zero-order valence-corrected chi connectivity index (χ0v) is 14.9. The van der Waals surface area contributed by atoms with E-state index in [1.165, 1.54) is 31.5 Å². The van der Waals surface area contributed by atoms with E-state index in [0.29, 0.717) is 12.2 Å². The van der Waals surface area contributed by atoms with Gasteiger partial charge in [0.25, 0.3) is 5.91 Å². The van der Waals surface area contributed by atoms with Crippen LogP contribution in [-0.4, -0.2) is 27.7 Å². The summed E-state index contributed by atoms with van der Waals surface area (Å²) < 4.78 is 6.66. The average Bonchev–Trinajstić information content (AvgIpc) is 3.09. The Labute approximate surface area is 155 Å². The van der Waals surface area contributed by atoms with Crippen molar-refractivity contribution in [1.29, 1.82) is 0 Å². The van der Waals surface area contributed by atoms with Crippen LogP contribution in [0.3, 0.4) is 0 Å². The van der Waals surface area contributed by atoms with E-state index < -0.39 is 10.8 Å². The van der Waals surface area contributed by atoms with E-state index in [9.17, 15) is 14.9 Å². The third-order valence-corrected chi connectivity index (χ3v) is 4.12. The molecule has 27 heavy (non-hydrogen) atoms. The highest BCUT2D eigenvalue weighted by molar-refractivity contribution is 6.04. The lowest BCUT2D eigenvalue weighted by Crippen LogP contribution is -2.12. The molecule has 0 unspecified atom stereocenters. The lowest BCUT2D eigenvalue weighted by atomic mass is 10.1. The molecule has 8 heteroatoms. The molecule has 1 heterocycles. The third kappa shape index (κ3) is 4.12. The van der Waals surface area contributed by atoms with Gasteiger partial charge in [0.2, 0.25) is 0 Å². The Balaban J connectivity index is 1.74. The number of amides is 1. The maximum absolute atomic E-state index is 12.4. The van der Waals surface area contributed by atoms with Gasteiger partial charge in [0.05, 0.1) is 30.5 Å². The van der Waals surface area contributed by atoms with E-state index in [4.69, 9.17) is 4.74 Å². The quantitative estimate of drug-likeness (QED) is 0.532. The Hall–Kier alpha value is -3.68. The molecule has 0 aliphatic heterocycles. The van der Waals surface area contributed by atoms with Crippen LogP contribution in [0.4, 0.5) is 11.4 Å². The molecule has 2 aromatic carbocycles. The summed E-state index contributed by atoms with van der Waals surface area (Å²) >= 11 is 0. The number of nitrogens with one attached hydrogen (secondary N) is 1. The minimum Gasteiger partial charge on any atom is -0.490 e. The number of hydrogen-bond donors (Lipinski definition) is 1. The number of carbonyl (C=O) groups is 1. The highest BCUT2D eigenvalue weighted by atomic mass is 16.6. The van der Waals surface area contributed by atoms with E-state index >= 15 is 0 Å². The summed E-state index contributed by atoms with van der Waals surface area (Å²) in [6.07, 6.45) is 3.25. The molecule has 3 aromatic rings. The molecule has 0 bridgehead atoms. The van der Waals surface area contributed by atoms with Crippen molar-refractivity contribution in [2.75, 3.05) is 12.4 Å². The molecule has 0 saturated heterocycles. The van der Waals surface area contributed by atoms with Gasteiger partial charge >= 0.3 is 5.69 Å². The van der Waals surface area contributed by atoms with Crippen LogP contribution in [0, 0.1) is 17.0 Å². The van der Waals surface area contributed by atoms with Gasteiger partial charge in [0, 0.05) is 17.8 Å². The number of benzene rings is 2. The summed E-state index contributed by atoms with van der Waals surface area (Å²) in [7, 11) is 1.34. The molecule has 1 aromatic heterocycles. The standard InChI is InChI=1S/C19H18N4O4/c1-13-5-3-4-6-15(13)11-22-12-16(10-20-22)21-19(24)14-7-8-18(27-2)17(9-14)23(25)26/h3-10,12H,11H2,1-2H3,(H,21,24). The maximum Gasteiger partial charge on any atom is 0.311 e. The van der Waals surface area contributed by atoms with Gasteiger partial charge in [-0.1, -0.05) is 24.3 Å². The van der Waals surface area contributed by atoms with Crippen LogP contribution in [0.1, 0.15) is 21.5 Å². The van der Waals surface area contributed by atoms with Gasteiger partial charge in [0.1, 0.15) is 0 Å². The van der Waals surface area contributed by atoms with E-state index in [1.807, 2.05) is 31.2 Å². The van der Waals surface area contributed by atoms with E-state index in [2.05, 4.69) is 10.4 Å². The van der Waals surface area contributed by atoms with Crippen LogP contribution in [-0.2, 0) is 6.54 Å². The molecule has 138 valence electrons.